The molecule has 1 saturated carbocycles. The molecule has 102 valence electrons. The summed E-state index contributed by atoms with van der Waals surface area (Å²) in [6.45, 7) is 2.41. The normalized spacial score (nSPS) is 14.0. The Hall–Kier alpha value is -1.55. The third-order valence-electron chi connectivity index (χ3n) is 2.83. The summed E-state index contributed by atoms with van der Waals surface area (Å²) in [5, 5.41) is 0.432. The fourth-order valence-corrected chi connectivity index (χ4v) is 1.73. The van der Waals surface area contributed by atoms with Crippen LogP contribution in [0.25, 0.3) is 0 Å². The molecule has 0 atom stereocenters. The molecule has 1 aromatic rings. The van der Waals surface area contributed by atoms with E-state index in [9.17, 15) is 9.59 Å². The quantitative estimate of drug-likeness (QED) is 0.457. The fraction of sp³-hybridized carbons (Fsp3) is 0.429. The van der Waals surface area contributed by atoms with Crippen LogP contribution in [-0.2, 0) is 9.53 Å². The lowest BCUT2D eigenvalue weighted by molar-refractivity contribution is -0.137. The van der Waals surface area contributed by atoms with E-state index in [0.717, 1.165) is 0 Å². The van der Waals surface area contributed by atoms with Gasteiger partial charge >= 0.3 is 5.97 Å². The summed E-state index contributed by atoms with van der Waals surface area (Å²) in [5.41, 5.74) is 0.230. The van der Waals surface area contributed by atoms with Crippen LogP contribution in [-0.4, -0.2) is 25.0 Å². The molecule has 0 N–H and O–H groups in total. The van der Waals surface area contributed by atoms with Crippen molar-refractivity contribution in [1.82, 2.24) is 0 Å². The van der Waals surface area contributed by atoms with E-state index < -0.39 is 11.8 Å². The second kappa shape index (κ2) is 6.06. The first-order valence-corrected chi connectivity index (χ1v) is 6.63. The Morgan fingerprint density at radius 3 is 2.74 bits per heavy atom. The fourth-order valence-electron chi connectivity index (χ4n) is 1.56. The summed E-state index contributed by atoms with van der Waals surface area (Å²) in [6, 6.07) is 4.53. The minimum absolute atomic E-state index is 0.170. The number of Topliss-reactive ketones (excluding diaryl/α,β-unsaturated/α-hetero) is 1. The van der Waals surface area contributed by atoms with E-state index in [1.807, 2.05) is 0 Å². The predicted octanol–water partition coefficient (Wildman–Crippen LogP) is 2.87. The van der Waals surface area contributed by atoms with Gasteiger partial charge in [0, 0.05) is 5.56 Å². The van der Waals surface area contributed by atoms with Gasteiger partial charge in [0.2, 0.25) is 0 Å². The molecular weight excluding hydrogens is 268 g/mol. The molecular formula is C14H15ClO4. The van der Waals surface area contributed by atoms with E-state index in [-0.39, 0.29) is 12.2 Å². The number of rotatable bonds is 6. The number of esters is 1. The minimum Gasteiger partial charge on any atom is -0.492 e. The van der Waals surface area contributed by atoms with Crippen LogP contribution in [0.15, 0.2) is 18.2 Å². The van der Waals surface area contributed by atoms with Gasteiger partial charge in [-0.25, -0.2) is 4.79 Å². The molecule has 0 aromatic heterocycles. The van der Waals surface area contributed by atoms with Crippen LogP contribution in [0.1, 0.15) is 30.1 Å². The highest BCUT2D eigenvalue weighted by atomic mass is 35.5. The van der Waals surface area contributed by atoms with E-state index in [0.29, 0.717) is 23.3 Å². The Kier molecular flexibility index (Phi) is 4.43. The molecule has 1 aliphatic carbocycles. The third-order valence-corrected chi connectivity index (χ3v) is 3.14. The molecule has 0 unspecified atom stereocenters. The summed E-state index contributed by atoms with van der Waals surface area (Å²) in [7, 11) is 0. The molecule has 0 heterocycles. The first-order valence-electron chi connectivity index (χ1n) is 6.25. The number of hydrogen-bond donors (Lipinski definition) is 0. The number of hydrogen-bond acceptors (Lipinski definition) is 4. The first-order chi connectivity index (χ1) is 9.11. The lowest BCUT2D eigenvalue weighted by Crippen LogP contribution is -2.17. The lowest BCUT2D eigenvalue weighted by Gasteiger charge is -2.09. The van der Waals surface area contributed by atoms with Crippen molar-refractivity contribution in [2.75, 3.05) is 13.2 Å². The molecule has 0 saturated heterocycles. The predicted molar refractivity (Wildman–Crippen MR) is 70.6 cm³/mol. The highest BCUT2D eigenvalue weighted by Crippen LogP contribution is 2.32. The summed E-state index contributed by atoms with van der Waals surface area (Å²) >= 11 is 5.99. The Bertz CT molecular complexity index is 494. The molecule has 0 aliphatic heterocycles. The topological polar surface area (TPSA) is 52.6 Å². The summed E-state index contributed by atoms with van der Waals surface area (Å²) in [4.78, 5) is 23.1. The maximum absolute atomic E-state index is 11.8. The van der Waals surface area contributed by atoms with Crippen LogP contribution in [0.2, 0.25) is 5.02 Å². The number of benzene rings is 1. The van der Waals surface area contributed by atoms with Gasteiger partial charge in [0.1, 0.15) is 5.75 Å². The molecule has 1 aromatic carbocycles. The second-order valence-electron chi connectivity index (χ2n) is 4.45. The van der Waals surface area contributed by atoms with Gasteiger partial charge in [-0.15, -0.1) is 0 Å². The SMILES string of the molecule is CCOC(=O)C(=O)c1ccc(Cl)c(OCC2CC2)c1. The van der Waals surface area contributed by atoms with Crippen molar-refractivity contribution >= 4 is 23.4 Å². The number of carbonyl (C=O) groups is 2. The van der Waals surface area contributed by atoms with Crippen molar-refractivity contribution in [3.05, 3.63) is 28.8 Å². The third kappa shape index (κ3) is 3.70. The van der Waals surface area contributed by atoms with Crippen molar-refractivity contribution < 1.29 is 19.1 Å². The number of ketones is 1. The summed E-state index contributed by atoms with van der Waals surface area (Å²) < 4.78 is 10.2. The summed E-state index contributed by atoms with van der Waals surface area (Å²) in [5.74, 6) is -0.531. The maximum atomic E-state index is 11.8. The largest absolute Gasteiger partial charge is 0.492 e. The molecule has 0 amide bonds. The van der Waals surface area contributed by atoms with E-state index in [2.05, 4.69) is 4.74 Å². The van der Waals surface area contributed by atoms with Gasteiger partial charge in [0.25, 0.3) is 5.78 Å². The van der Waals surface area contributed by atoms with Crippen molar-refractivity contribution in [1.29, 1.82) is 0 Å². The van der Waals surface area contributed by atoms with Crippen molar-refractivity contribution in [2.24, 2.45) is 5.92 Å². The zero-order valence-electron chi connectivity index (χ0n) is 10.6. The molecule has 0 bridgehead atoms. The van der Waals surface area contributed by atoms with Crippen molar-refractivity contribution in [3.63, 3.8) is 0 Å². The van der Waals surface area contributed by atoms with E-state index in [1.54, 1.807) is 13.0 Å². The standard InChI is InChI=1S/C14H15ClO4/c1-2-18-14(17)13(16)10-5-6-11(15)12(7-10)19-8-9-3-4-9/h5-7,9H,2-4,8H2,1H3. The van der Waals surface area contributed by atoms with E-state index >= 15 is 0 Å². The highest BCUT2D eigenvalue weighted by molar-refractivity contribution is 6.41. The second-order valence-corrected chi connectivity index (χ2v) is 4.86. The van der Waals surface area contributed by atoms with Crippen LogP contribution in [0, 0.1) is 5.92 Å². The van der Waals surface area contributed by atoms with Gasteiger partial charge in [-0.1, -0.05) is 11.6 Å². The monoisotopic (exact) mass is 282 g/mol. The van der Waals surface area contributed by atoms with Gasteiger partial charge in [-0.2, -0.15) is 0 Å². The van der Waals surface area contributed by atoms with Crippen LogP contribution in [0.3, 0.4) is 0 Å². The Morgan fingerprint density at radius 2 is 2.11 bits per heavy atom. The highest BCUT2D eigenvalue weighted by Gasteiger charge is 2.23. The van der Waals surface area contributed by atoms with E-state index in [1.165, 1.54) is 25.0 Å². The zero-order valence-corrected chi connectivity index (χ0v) is 11.4. The zero-order chi connectivity index (χ0) is 13.8. The number of halogens is 1. The van der Waals surface area contributed by atoms with Gasteiger partial charge in [0.05, 0.1) is 18.2 Å². The molecule has 2 rings (SSSR count). The molecule has 4 nitrogen and oxygen atoms in total. The molecule has 19 heavy (non-hydrogen) atoms. The molecule has 1 fully saturated rings. The molecule has 5 heteroatoms. The van der Waals surface area contributed by atoms with Crippen LogP contribution >= 0.6 is 11.6 Å². The van der Waals surface area contributed by atoms with Crippen molar-refractivity contribution in [2.45, 2.75) is 19.8 Å². The van der Waals surface area contributed by atoms with Gasteiger partial charge in [-0.05, 0) is 43.9 Å². The number of carbonyl (C=O) groups excluding carboxylic acids is 2. The minimum atomic E-state index is -0.863. The average molecular weight is 283 g/mol. The van der Waals surface area contributed by atoms with Gasteiger partial charge in [0.15, 0.2) is 0 Å². The summed E-state index contributed by atoms with van der Waals surface area (Å²) in [6.07, 6.45) is 2.33. The Labute approximate surface area is 116 Å². The Morgan fingerprint density at radius 1 is 1.37 bits per heavy atom. The molecule has 1 aliphatic rings. The molecule has 0 spiro atoms. The molecule has 0 radical (unpaired) electrons. The van der Waals surface area contributed by atoms with Crippen LogP contribution < -0.4 is 4.74 Å². The Balaban J connectivity index is 2.09. The maximum Gasteiger partial charge on any atom is 0.379 e. The van der Waals surface area contributed by atoms with Gasteiger partial charge in [-0.3, -0.25) is 4.79 Å². The average Bonchev–Trinajstić information content (AvgIpc) is 3.21. The smallest absolute Gasteiger partial charge is 0.379 e. The van der Waals surface area contributed by atoms with Crippen molar-refractivity contribution in [3.8, 4) is 5.75 Å². The van der Waals surface area contributed by atoms with Crippen LogP contribution in [0.5, 0.6) is 5.75 Å². The lowest BCUT2D eigenvalue weighted by atomic mass is 10.1. The van der Waals surface area contributed by atoms with E-state index in [4.69, 9.17) is 16.3 Å². The van der Waals surface area contributed by atoms with Gasteiger partial charge < -0.3 is 9.47 Å². The van der Waals surface area contributed by atoms with Crippen LogP contribution in [0.4, 0.5) is 0 Å². The first kappa shape index (κ1) is 13.9. The number of ether oxygens (including phenoxy) is 2.